The van der Waals surface area contributed by atoms with Crippen molar-refractivity contribution in [1.29, 1.82) is 0 Å². The van der Waals surface area contributed by atoms with Gasteiger partial charge in [-0.05, 0) is 97.8 Å². The smallest absolute Gasteiger partial charge is 0.0276 e. The second-order valence-electron chi connectivity index (χ2n) is 18.2. The zero-order valence-corrected chi connectivity index (χ0v) is 45.4. The van der Waals surface area contributed by atoms with Gasteiger partial charge in [0.15, 0.2) is 0 Å². The Morgan fingerprint density at radius 2 is 0.457 bits per heavy atom. The van der Waals surface area contributed by atoms with Crippen molar-refractivity contribution in [3.05, 3.63) is 286 Å². The average molecular weight is 934 g/mol. The molecule has 0 unspecified atom stereocenters. The third kappa shape index (κ3) is 38.7. The molecule has 0 atom stereocenters. The van der Waals surface area contributed by atoms with Crippen LogP contribution in [-0.2, 0) is 12.8 Å². The lowest BCUT2D eigenvalue weighted by molar-refractivity contribution is 0.627. The Hall–Kier alpha value is -6.24. The number of benzene rings is 8. The van der Waals surface area contributed by atoms with Crippen molar-refractivity contribution in [2.75, 3.05) is 0 Å². The van der Waals surface area contributed by atoms with Crippen molar-refractivity contribution in [3.8, 4) is 0 Å². The normalized spacial score (nSPS) is 9.40. The first-order chi connectivity index (χ1) is 34.0. The van der Waals surface area contributed by atoms with E-state index in [-0.39, 0.29) is 0 Å². The summed E-state index contributed by atoms with van der Waals surface area (Å²) in [6.07, 6.45) is 16.4. The topological polar surface area (TPSA) is 0 Å². The van der Waals surface area contributed by atoms with Crippen LogP contribution < -0.4 is 0 Å². The van der Waals surface area contributed by atoms with Gasteiger partial charge in [0.2, 0.25) is 0 Å². The van der Waals surface area contributed by atoms with Gasteiger partial charge in [-0.1, -0.05) is 335 Å². The number of hydrogen-bond acceptors (Lipinski definition) is 0. The summed E-state index contributed by atoms with van der Waals surface area (Å²) in [6.45, 7) is 21.4. The van der Waals surface area contributed by atoms with Crippen molar-refractivity contribution in [2.24, 2.45) is 0 Å². The molecule has 372 valence electrons. The first-order valence-corrected chi connectivity index (χ1v) is 26.2. The van der Waals surface area contributed by atoms with Gasteiger partial charge in [-0.2, -0.15) is 0 Å². The van der Waals surface area contributed by atoms with E-state index in [1.54, 1.807) is 11.1 Å². The molecule has 0 saturated carbocycles. The van der Waals surface area contributed by atoms with Crippen molar-refractivity contribution in [3.63, 3.8) is 0 Å². The quantitative estimate of drug-likeness (QED) is 0.107. The van der Waals surface area contributed by atoms with Crippen LogP contribution in [0.3, 0.4) is 0 Å². The van der Waals surface area contributed by atoms with Crippen LogP contribution >= 0.6 is 0 Å². The molecule has 8 aromatic rings. The van der Waals surface area contributed by atoms with E-state index in [1.165, 1.54) is 122 Å². The van der Waals surface area contributed by atoms with Crippen molar-refractivity contribution in [2.45, 2.75) is 146 Å². The molecule has 0 heterocycles. The van der Waals surface area contributed by atoms with E-state index in [1.807, 2.05) is 127 Å². The summed E-state index contributed by atoms with van der Waals surface area (Å²) in [5, 5.41) is 0. The molecule has 8 rings (SSSR count). The van der Waals surface area contributed by atoms with Gasteiger partial charge in [0.25, 0.3) is 0 Å². The predicted molar refractivity (Wildman–Crippen MR) is 314 cm³/mol. The first kappa shape index (κ1) is 61.8. The zero-order valence-electron chi connectivity index (χ0n) is 45.4. The number of aryl methyl sites for hydroxylation is 10. The molecule has 0 aromatic heterocycles. The Morgan fingerprint density at radius 1 is 0.229 bits per heavy atom. The zero-order chi connectivity index (χ0) is 51.1. The molecule has 8 aromatic carbocycles. The Kier molecular flexibility index (Phi) is 38.8. The van der Waals surface area contributed by atoms with E-state index in [2.05, 4.69) is 172 Å². The number of unbranched alkanes of at least 4 members (excludes halogenated alkanes) is 8. The number of rotatable bonds is 12. The molecule has 70 heavy (non-hydrogen) atoms. The molecule has 0 aliphatic heterocycles. The molecule has 0 amide bonds. The number of hydrogen-bond donors (Lipinski definition) is 0. The second kappa shape index (κ2) is 44.0. The lowest BCUT2D eigenvalue weighted by Crippen LogP contribution is -1.94. The highest BCUT2D eigenvalue weighted by atomic mass is 14.1. The van der Waals surface area contributed by atoms with E-state index < -0.39 is 0 Å². The Balaban J connectivity index is 0.000000422. The monoisotopic (exact) mass is 933 g/mol. The Morgan fingerprint density at radius 3 is 0.671 bits per heavy atom. The molecule has 0 bridgehead atoms. The van der Waals surface area contributed by atoms with Gasteiger partial charge >= 0.3 is 0 Å². The summed E-state index contributed by atoms with van der Waals surface area (Å²) in [6, 6.07) is 79.0. The van der Waals surface area contributed by atoms with Gasteiger partial charge in [0, 0.05) is 0 Å². The van der Waals surface area contributed by atoms with Gasteiger partial charge < -0.3 is 0 Å². The SMILES string of the molecule is CCCCCCCc1ccc(C)c(CCCCCCC)c1.Cc1ccccc1.Cc1ccccc1.Cc1ccccc1.Cc1ccccc1.Cc1ccccc1.Cc1ccccc1.Cc1ccccc1. The molecule has 0 fully saturated rings. The molecular weight excluding hydrogens is 841 g/mol. The molecule has 0 radical (unpaired) electrons. The Labute approximate surface area is 430 Å². The summed E-state index contributed by atoms with van der Waals surface area (Å²) < 4.78 is 0. The minimum Gasteiger partial charge on any atom is -0.0654 e. The standard InChI is InChI=1S/C21H36.7C7H8/c1-4-6-8-10-12-14-20-17-16-19(3)21(18-20)15-13-11-9-7-5-2;7*1-7-5-3-2-4-6-7/h16-18H,4-15H2,1-3H3;7*2-6H,1H3. The molecule has 0 aliphatic carbocycles. The molecule has 0 nitrogen and oxygen atoms in total. The van der Waals surface area contributed by atoms with E-state index in [0.29, 0.717) is 0 Å². The lowest BCUT2D eigenvalue weighted by atomic mass is 9.97. The van der Waals surface area contributed by atoms with Crippen LogP contribution in [0.1, 0.15) is 134 Å². The fourth-order valence-electron chi connectivity index (χ4n) is 6.74. The van der Waals surface area contributed by atoms with Crippen molar-refractivity contribution >= 4 is 0 Å². The summed E-state index contributed by atoms with van der Waals surface area (Å²) in [4.78, 5) is 0. The summed E-state index contributed by atoms with van der Waals surface area (Å²) in [5.74, 6) is 0. The third-order valence-corrected chi connectivity index (χ3v) is 11.1. The van der Waals surface area contributed by atoms with Crippen molar-refractivity contribution < 1.29 is 0 Å². The highest BCUT2D eigenvalue weighted by Gasteiger charge is 2.02. The molecule has 0 aliphatic rings. The van der Waals surface area contributed by atoms with Crippen LogP contribution in [0, 0.1) is 55.4 Å². The van der Waals surface area contributed by atoms with E-state index in [9.17, 15) is 0 Å². The van der Waals surface area contributed by atoms with Gasteiger partial charge in [0.05, 0.1) is 0 Å². The minimum atomic E-state index is 1.27. The van der Waals surface area contributed by atoms with Gasteiger partial charge in [-0.3, -0.25) is 0 Å². The minimum absolute atomic E-state index is 1.27. The fraction of sp³-hybridized carbons (Fsp3) is 0.314. The fourth-order valence-corrected chi connectivity index (χ4v) is 6.74. The maximum Gasteiger partial charge on any atom is -0.0276 e. The Bertz CT molecular complexity index is 1900. The van der Waals surface area contributed by atoms with Gasteiger partial charge in [-0.15, -0.1) is 0 Å². The highest BCUT2D eigenvalue weighted by molar-refractivity contribution is 5.31. The molecule has 0 spiro atoms. The van der Waals surface area contributed by atoms with E-state index in [4.69, 9.17) is 0 Å². The van der Waals surface area contributed by atoms with Gasteiger partial charge in [-0.25, -0.2) is 0 Å². The van der Waals surface area contributed by atoms with Gasteiger partial charge in [0.1, 0.15) is 0 Å². The highest BCUT2D eigenvalue weighted by Crippen LogP contribution is 2.17. The van der Waals surface area contributed by atoms with Crippen LogP contribution in [0.25, 0.3) is 0 Å². The molecule has 0 N–H and O–H groups in total. The summed E-state index contributed by atoms with van der Waals surface area (Å²) in [5.41, 5.74) is 13.9. The maximum absolute atomic E-state index is 2.48. The summed E-state index contributed by atoms with van der Waals surface area (Å²) >= 11 is 0. The van der Waals surface area contributed by atoms with E-state index >= 15 is 0 Å². The second-order valence-corrected chi connectivity index (χ2v) is 18.2. The summed E-state index contributed by atoms with van der Waals surface area (Å²) in [7, 11) is 0. The molecule has 0 saturated heterocycles. The maximum atomic E-state index is 2.48. The third-order valence-electron chi connectivity index (χ3n) is 11.1. The van der Waals surface area contributed by atoms with Crippen LogP contribution in [0.4, 0.5) is 0 Å². The van der Waals surface area contributed by atoms with Crippen LogP contribution in [0.5, 0.6) is 0 Å². The van der Waals surface area contributed by atoms with E-state index in [0.717, 1.165) is 0 Å². The predicted octanol–water partition coefficient (Wildman–Crippen LogP) is 21.0. The average Bonchev–Trinajstić information content (AvgIpc) is 3.38. The van der Waals surface area contributed by atoms with Crippen LogP contribution in [0.2, 0.25) is 0 Å². The van der Waals surface area contributed by atoms with Crippen LogP contribution in [0.15, 0.2) is 231 Å². The molecule has 0 heteroatoms. The largest absolute Gasteiger partial charge is 0.0654 e. The van der Waals surface area contributed by atoms with Crippen LogP contribution in [-0.4, -0.2) is 0 Å². The van der Waals surface area contributed by atoms with Crippen molar-refractivity contribution in [1.82, 2.24) is 0 Å². The first-order valence-electron chi connectivity index (χ1n) is 26.2. The molecular formula is C70H92. The lowest BCUT2D eigenvalue weighted by Gasteiger charge is -2.09.